The lowest BCUT2D eigenvalue weighted by Gasteiger charge is -2.24. The Bertz CT molecular complexity index is 221. The zero-order chi connectivity index (χ0) is 12.5. The lowest BCUT2D eigenvalue weighted by Crippen LogP contribution is -2.30. The Hall–Kier alpha value is -0.610. The molecule has 1 heterocycles. The molecule has 0 aromatic rings. The smallest absolute Gasteiger partial charge is 0.303 e. The molecule has 0 radical (unpaired) electrons. The Balaban J connectivity index is 2.06. The van der Waals surface area contributed by atoms with Crippen LogP contribution >= 0.6 is 0 Å². The zero-order valence-electron chi connectivity index (χ0n) is 10.6. The minimum Gasteiger partial charge on any atom is -0.481 e. The molecule has 17 heavy (non-hydrogen) atoms. The van der Waals surface area contributed by atoms with Gasteiger partial charge in [-0.1, -0.05) is 6.42 Å². The fraction of sp³-hybridized carbons (Fsp3) is 0.923. The van der Waals surface area contributed by atoms with Crippen LogP contribution in [0.1, 0.15) is 51.4 Å². The van der Waals surface area contributed by atoms with Crippen LogP contribution in [0.5, 0.6) is 0 Å². The van der Waals surface area contributed by atoms with Gasteiger partial charge in [0, 0.05) is 19.1 Å². The number of unbranched alkanes of at least 4 members (excludes halogenated alkanes) is 2. The molecule has 1 unspecified atom stereocenters. The Labute approximate surface area is 104 Å². The molecular weight excluding hydrogens is 218 g/mol. The minimum absolute atomic E-state index is 0.295. The van der Waals surface area contributed by atoms with E-state index < -0.39 is 5.97 Å². The highest BCUT2D eigenvalue weighted by Crippen LogP contribution is 2.21. The average Bonchev–Trinajstić information content (AvgIpc) is 2.73. The van der Waals surface area contributed by atoms with E-state index in [0.717, 1.165) is 38.6 Å². The van der Waals surface area contributed by atoms with Gasteiger partial charge in [-0.15, -0.1) is 0 Å². The van der Waals surface area contributed by atoms with Gasteiger partial charge >= 0.3 is 5.97 Å². The summed E-state index contributed by atoms with van der Waals surface area (Å²) in [4.78, 5) is 12.9. The molecule has 0 aromatic carbocycles. The van der Waals surface area contributed by atoms with Crippen molar-refractivity contribution in [1.82, 2.24) is 4.90 Å². The molecular formula is C13H25NO3. The van der Waals surface area contributed by atoms with E-state index in [1.165, 1.54) is 19.4 Å². The third-order valence-corrected chi connectivity index (χ3v) is 3.53. The van der Waals surface area contributed by atoms with Crippen LogP contribution < -0.4 is 0 Å². The molecule has 1 atom stereocenters. The molecule has 1 aliphatic rings. The highest BCUT2D eigenvalue weighted by atomic mass is 16.4. The summed E-state index contributed by atoms with van der Waals surface area (Å²) in [6.45, 7) is 2.56. The van der Waals surface area contributed by atoms with E-state index in [0.29, 0.717) is 19.1 Å². The van der Waals surface area contributed by atoms with E-state index in [1.807, 2.05) is 0 Å². The molecule has 0 saturated carbocycles. The lowest BCUT2D eigenvalue weighted by molar-refractivity contribution is -0.137. The fourth-order valence-electron chi connectivity index (χ4n) is 2.61. The number of aliphatic hydroxyl groups is 1. The van der Waals surface area contributed by atoms with E-state index in [2.05, 4.69) is 4.90 Å². The number of carboxylic acids is 1. The normalized spacial score (nSPS) is 20.9. The second kappa shape index (κ2) is 8.48. The first-order chi connectivity index (χ1) is 8.24. The molecule has 1 aliphatic heterocycles. The molecule has 4 nitrogen and oxygen atoms in total. The predicted molar refractivity (Wildman–Crippen MR) is 67.0 cm³/mol. The monoisotopic (exact) mass is 243 g/mol. The number of hydrogen-bond donors (Lipinski definition) is 2. The molecule has 0 aromatic heterocycles. The largest absolute Gasteiger partial charge is 0.481 e. The summed E-state index contributed by atoms with van der Waals surface area (Å²) in [6, 6.07) is 0.654. The number of rotatable bonds is 9. The summed E-state index contributed by atoms with van der Waals surface area (Å²) in [7, 11) is 0. The van der Waals surface area contributed by atoms with Crippen LogP contribution in [-0.4, -0.2) is 46.8 Å². The summed E-state index contributed by atoms with van der Waals surface area (Å²) in [5, 5.41) is 17.4. The summed E-state index contributed by atoms with van der Waals surface area (Å²) in [5.41, 5.74) is 0. The van der Waals surface area contributed by atoms with Crippen molar-refractivity contribution in [2.24, 2.45) is 0 Å². The van der Waals surface area contributed by atoms with Crippen molar-refractivity contribution in [3.8, 4) is 0 Å². The van der Waals surface area contributed by atoms with Gasteiger partial charge in [0.1, 0.15) is 0 Å². The molecule has 4 heteroatoms. The maximum atomic E-state index is 10.4. The third-order valence-electron chi connectivity index (χ3n) is 3.53. The standard InChI is InChI=1S/C13H25NO3/c15-11-5-7-12-6-4-10-14(12)9-3-1-2-8-13(16)17/h12,15H,1-11H2,(H,16,17). The number of aliphatic carboxylic acids is 1. The maximum absolute atomic E-state index is 10.4. The second-order valence-corrected chi connectivity index (χ2v) is 4.90. The number of nitrogens with zero attached hydrogens (tertiary/aromatic N) is 1. The molecule has 0 bridgehead atoms. The van der Waals surface area contributed by atoms with Crippen molar-refractivity contribution in [3.05, 3.63) is 0 Å². The van der Waals surface area contributed by atoms with Crippen LogP contribution in [0.15, 0.2) is 0 Å². The van der Waals surface area contributed by atoms with Crippen LogP contribution in [0.3, 0.4) is 0 Å². The van der Waals surface area contributed by atoms with Crippen molar-refractivity contribution in [2.45, 2.75) is 57.4 Å². The predicted octanol–water partition coefficient (Wildman–Crippen LogP) is 1.87. The highest BCUT2D eigenvalue weighted by Gasteiger charge is 2.22. The van der Waals surface area contributed by atoms with Crippen molar-refractivity contribution in [1.29, 1.82) is 0 Å². The number of aliphatic hydroxyl groups excluding tert-OH is 1. The number of hydrogen-bond acceptors (Lipinski definition) is 3. The summed E-state index contributed by atoms with van der Waals surface area (Å²) < 4.78 is 0. The first-order valence-corrected chi connectivity index (χ1v) is 6.80. The van der Waals surface area contributed by atoms with Crippen LogP contribution in [0.2, 0.25) is 0 Å². The molecule has 1 saturated heterocycles. The zero-order valence-corrected chi connectivity index (χ0v) is 10.6. The quantitative estimate of drug-likeness (QED) is 0.607. The van der Waals surface area contributed by atoms with Crippen LogP contribution in [-0.2, 0) is 4.79 Å². The average molecular weight is 243 g/mol. The van der Waals surface area contributed by atoms with Crippen molar-refractivity contribution >= 4 is 5.97 Å². The van der Waals surface area contributed by atoms with E-state index in [4.69, 9.17) is 10.2 Å². The van der Waals surface area contributed by atoms with E-state index in [1.54, 1.807) is 0 Å². The van der Waals surface area contributed by atoms with E-state index in [-0.39, 0.29) is 0 Å². The Morgan fingerprint density at radius 3 is 2.76 bits per heavy atom. The third kappa shape index (κ3) is 6.03. The first-order valence-electron chi connectivity index (χ1n) is 6.80. The van der Waals surface area contributed by atoms with Gasteiger partial charge in [-0.05, 0) is 51.6 Å². The topological polar surface area (TPSA) is 60.8 Å². The van der Waals surface area contributed by atoms with Gasteiger partial charge in [0.2, 0.25) is 0 Å². The van der Waals surface area contributed by atoms with Gasteiger partial charge in [0.05, 0.1) is 0 Å². The van der Waals surface area contributed by atoms with Gasteiger partial charge in [-0.2, -0.15) is 0 Å². The van der Waals surface area contributed by atoms with Crippen molar-refractivity contribution < 1.29 is 15.0 Å². The molecule has 0 amide bonds. The summed E-state index contributed by atoms with van der Waals surface area (Å²) >= 11 is 0. The van der Waals surface area contributed by atoms with Crippen molar-refractivity contribution in [3.63, 3.8) is 0 Å². The summed E-state index contributed by atoms with van der Waals surface area (Å²) in [5.74, 6) is -0.688. The molecule has 1 rings (SSSR count). The van der Waals surface area contributed by atoms with Crippen LogP contribution in [0.4, 0.5) is 0 Å². The van der Waals surface area contributed by atoms with Gasteiger partial charge in [-0.25, -0.2) is 0 Å². The second-order valence-electron chi connectivity index (χ2n) is 4.90. The van der Waals surface area contributed by atoms with Gasteiger partial charge < -0.3 is 15.1 Å². The first kappa shape index (κ1) is 14.5. The molecule has 100 valence electrons. The molecule has 2 N–H and O–H groups in total. The van der Waals surface area contributed by atoms with E-state index >= 15 is 0 Å². The molecule has 0 spiro atoms. The van der Waals surface area contributed by atoms with Crippen LogP contribution in [0.25, 0.3) is 0 Å². The molecule has 0 aliphatic carbocycles. The number of likely N-dealkylation sites (tertiary alicyclic amines) is 1. The Morgan fingerprint density at radius 1 is 1.24 bits per heavy atom. The Morgan fingerprint density at radius 2 is 2.06 bits per heavy atom. The van der Waals surface area contributed by atoms with Gasteiger partial charge in [0.15, 0.2) is 0 Å². The van der Waals surface area contributed by atoms with E-state index in [9.17, 15) is 4.79 Å². The highest BCUT2D eigenvalue weighted by molar-refractivity contribution is 5.66. The Kier molecular flexibility index (Phi) is 7.21. The minimum atomic E-state index is -0.688. The van der Waals surface area contributed by atoms with Crippen LogP contribution in [0, 0.1) is 0 Å². The number of carbonyl (C=O) groups is 1. The number of carboxylic acid groups (broad SMARTS) is 1. The van der Waals surface area contributed by atoms with Crippen molar-refractivity contribution in [2.75, 3.05) is 19.7 Å². The SMILES string of the molecule is O=C(O)CCCCCN1CCCC1CCCO. The van der Waals surface area contributed by atoms with Gasteiger partial charge in [-0.3, -0.25) is 4.79 Å². The van der Waals surface area contributed by atoms with Gasteiger partial charge in [0.25, 0.3) is 0 Å². The fourth-order valence-corrected chi connectivity index (χ4v) is 2.61. The maximum Gasteiger partial charge on any atom is 0.303 e. The lowest BCUT2D eigenvalue weighted by atomic mass is 10.1. The summed E-state index contributed by atoms with van der Waals surface area (Å²) in [6.07, 6.45) is 7.74. The molecule has 1 fully saturated rings.